The molecule has 1 aromatic carbocycles. The third-order valence-electron chi connectivity index (χ3n) is 2.96. The van der Waals surface area contributed by atoms with E-state index in [0.717, 1.165) is 0 Å². The zero-order valence-corrected chi connectivity index (χ0v) is 12.0. The first kappa shape index (κ1) is 15.6. The average molecular weight is 288 g/mol. The van der Waals surface area contributed by atoms with Crippen molar-refractivity contribution in [3.8, 4) is 0 Å². The molecule has 6 heteroatoms. The highest BCUT2D eigenvalue weighted by Crippen LogP contribution is 2.18. The number of hydrogen-bond donors (Lipinski definition) is 0. The summed E-state index contributed by atoms with van der Waals surface area (Å²) in [5.74, 6) is -1.18. The SMILES string of the molecule is COC(=O)CC(C)S(=O)(=O)Cc1ccc(F)cc1C. The molecule has 1 unspecified atom stereocenters. The molecule has 0 saturated carbocycles. The number of halogens is 1. The van der Waals surface area contributed by atoms with Crippen LogP contribution in [0.4, 0.5) is 4.39 Å². The van der Waals surface area contributed by atoms with Crippen molar-refractivity contribution >= 4 is 15.8 Å². The van der Waals surface area contributed by atoms with Gasteiger partial charge >= 0.3 is 5.97 Å². The third-order valence-corrected chi connectivity index (χ3v) is 5.06. The molecule has 0 aliphatic rings. The summed E-state index contributed by atoms with van der Waals surface area (Å²) in [6.45, 7) is 3.12. The monoisotopic (exact) mass is 288 g/mol. The van der Waals surface area contributed by atoms with Crippen LogP contribution in [0.3, 0.4) is 0 Å². The maximum Gasteiger partial charge on any atom is 0.306 e. The second-order valence-corrected chi connectivity index (χ2v) is 6.89. The predicted molar refractivity (Wildman–Crippen MR) is 69.9 cm³/mol. The topological polar surface area (TPSA) is 60.4 Å². The minimum atomic E-state index is -3.48. The van der Waals surface area contributed by atoms with Gasteiger partial charge in [-0.15, -0.1) is 0 Å². The molecular weight excluding hydrogens is 271 g/mol. The fourth-order valence-electron chi connectivity index (χ4n) is 1.63. The highest BCUT2D eigenvalue weighted by molar-refractivity contribution is 7.91. The molecule has 0 aliphatic carbocycles. The highest BCUT2D eigenvalue weighted by Gasteiger charge is 2.25. The molecule has 0 radical (unpaired) electrons. The minimum Gasteiger partial charge on any atom is -0.469 e. The molecule has 1 atom stereocenters. The third kappa shape index (κ3) is 4.31. The average Bonchev–Trinajstić information content (AvgIpc) is 2.32. The maximum atomic E-state index is 12.9. The molecule has 0 fully saturated rings. The Balaban J connectivity index is 2.87. The first-order chi connectivity index (χ1) is 8.76. The van der Waals surface area contributed by atoms with Crippen LogP contribution >= 0.6 is 0 Å². The van der Waals surface area contributed by atoms with Crippen LogP contribution in [0.2, 0.25) is 0 Å². The second-order valence-electron chi connectivity index (χ2n) is 4.47. The van der Waals surface area contributed by atoms with Gasteiger partial charge in [-0.1, -0.05) is 6.07 Å². The molecule has 1 rings (SSSR count). The number of carbonyl (C=O) groups excluding carboxylic acids is 1. The Morgan fingerprint density at radius 3 is 2.58 bits per heavy atom. The molecule has 0 amide bonds. The minimum absolute atomic E-state index is 0.181. The van der Waals surface area contributed by atoms with Crippen molar-refractivity contribution in [1.29, 1.82) is 0 Å². The number of methoxy groups -OCH3 is 1. The van der Waals surface area contributed by atoms with Crippen molar-refractivity contribution in [1.82, 2.24) is 0 Å². The van der Waals surface area contributed by atoms with E-state index in [1.165, 1.54) is 32.2 Å². The Morgan fingerprint density at radius 2 is 2.05 bits per heavy atom. The molecular formula is C13H17FO4S. The number of carbonyl (C=O) groups is 1. The Hall–Kier alpha value is -1.43. The molecule has 1 aromatic rings. The predicted octanol–water partition coefficient (Wildman–Crippen LogP) is 2.00. The summed E-state index contributed by atoms with van der Waals surface area (Å²) in [6, 6.07) is 3.96. The summed E-state index contributed by atoms with van der Waals surface area (Å²) in [4.78, 5) is 11.1. The lowest BCUT2D eigenvalue weighted by Crippen LogP contribution is -2.23. The number of esters is 1. The number of benzene rings is 1. The summed E-state index contributed by atoms with van der Waals surface area (Å²) in [5, 5.41) is -0.829. The van der Waals surface area contributed by atoms with Crippen molar-refractivity contribution in [2.45, 2.75) is 31.3 Å². The number of hydrogen-bond acceptors (Lipinski definition) is 4. The summed E-state index contributed by atoms with van der Waals surface area (Å²) < 4.78 is 41.6. The Bertz CT molecular complexity index is 566. The lowest BCUT2D eigenvalue weighted by molar-refractivity contribution is -0.140. The lowest BCUT2D eigenvalue weighted by Gasteiger charge is -2.13. The molecule has 106 valence electrons. The van der Waals surface area contributed by atoms with Gasteiger partial charge in [-0.05, 0) is 37.1 Å². The van der Waals surface area contributed by atoms with Crippen molar-refractivity contribution in [2.24, 2.45) is 0 Å². The van der Waals surface area contributed by atoms with Crippen LogP contribution in [0.5, 0.6) is 0 Å². The van der Waals surface area contributed by atoms with E-state index in [9.17, 15) is 17.6 Å². The molecule has 19 heavy (non-hydrogen) atoms. The quantitative estimate of drug-likeness (QED) is 0.778. The fourth-order valence-corrected chi connectivity index (χ4v) is 3.06. The number of ether oxygens (including phenoxy) is 1. The van der Waals surface area contributed by atoms with Gasteiger partial charge in [0.1, 0.15) is 5.82 Å². The van der Waals surface area contributed by atoms with Gasteiger partial charge in [0.05, 0.1) is 24.5 Å². The largest absolute Gasteiger partial charge is 0.469 e. The van der Waals surface area contributed by atoms with Crippen molar-refractivity contribution in [2.75, 3.05) is 7.11 Å². The lowest BCUT2D eigenvalue weighted by atomic mass is 10.1. The Labute approximate surface area is 112 Å². The van der Waals surface area contributed by atoms with E-state index in [4.69, 9.17) is 0 Å². The van der Waals surface area contributed by atoms with Crippen LogP contribution in [0, 0.1) is 12.7 Å². The molecule has 0 aliphatic heterocycles. The van der Waals surface area contributed by atoms with Crippen molar-refractivity contribution < 1.29 is 22.3 Å². The van der Waals surface area contributed by atoms with Gasteiger partial charge < -0.3 is 4.74 Å². The smallest absolute Gasteiger partial charge is 0.306 e. The zero-order chi connectivity index (χ0) is 14.6. The number of sulfone groups is 1. The molecule has 4 nitrogen and oxygen atoms in total. The van der Waals surface area contributed by atoms with Crippen molar-refractivity contribution in [3.05, 3.63) is 35.1 Å². The van der Waals surface area contributed by atoms with E-state index in [-0.39, 0.29) is 12.2 Å². The molecule has 0 saturated heterocycles. The summed E-state index contributed by atoms with van der Waals surface area (Å²) in [7, 11) is -2.26. The van der Waals surface area contributed by atoms with E-state index >= 15 is 0 Å². The zero-order valence-electron chi connectivity index (χ0n) is 11.1. The standard InChI is InChI=1S/C13H17FO4S/c1-9-6-12(14)5-4-11(9)8-19(16,17)10(2)7-13(15)18-3/h4-6,10H,7-8H2,1-3H3. The summed E-state index contributed by atoms with van der Waals surface area (Å²) >= 11 is 0. The normalized spacial score (nSPS) is 13.1. The van der Waals surface area contributed by atoms with E-state index in [0.29, 0.717) is 11.1 Å². The fraction of sp³-hybridized carbons (Fsp3) is 0.462. The number of aryl methyl sites for hydroxylation is 1. The Kier molecular flexibility index (Phi) is 5.05. The van der Waals surface area contributed by atoms with E-state index in [1.54, 1.807) is 6.92 Å². The van der Waals surface area contributed by atoms with Crippen LogP contribution in [0.1, 0.15) is 24.5 Å². The van der Waals surface area contributed by atoms with E-state index in [1.807, 2.05) is 0 Å². The van der Waals surface area contributed by atoms with E-state index < -0.39 is 26.9 Å². The first-order valence-corrected chi connectivity index (χ1v) is 7.51. The van der Waals surface area contributed by atoms with Gasteiger partial charge in [0.2, 0.25) is 0 Å². The van der Waals surface area contributed by atoms with Crippen LogP contribution < -0.4 is 0 Å². The van der Waals surface area contributed by atoms with Gasteiger partial charge in [0.15, 0.2) is 9.84 Å². The van der Waals surface area contributed by atoms with Gasteiger partial charge in [-0.3, -0.25) is 4.79 Å². The van der Waals surface area contributed by atoms with Crippen LogP contribution in [0.25, 0.3) is 0 Å². The number of rotatable bonds is 5. The van der Waals surface area contributed by atoms with Gasteiger partial charge in [-0.2, -0.15) is 0 Å². The van der Waals surface area contributed by atoms with E-state index in [2.05, 4.69) is 4.74 Å². The molecule has 0 heterocycles. The maximum absolute atomic E-state index is 12.9. The molecule has 0 N–H and O–H groups in total. The highest BCUT2D eigenvalue weighted by atomic mass is 32.2. The van der Waals surface area contributed by atoms with Crippen LogP contribution in [0.15, 0.2) is 18.2 Å². The summed E-state index contributed by atoms with van der Waals surface area (Å²) in [6.07, 6.45) is -0.181. The van der Waals surface area contributed by atoms with Crippen molar-refractivity contribution in [3.63, 3.8) is 0 Å². The summed E-state index contributed by atoms with van der Waals surface area (Å²) in [5.41, 5.74) is 1.12. The second kappa shape index (κ2) is 6.14. The molecule has 0 spiro atoms. The van der Waals surface area contributed by atoms with Gasteiger partial charge in [0.25, 0.3) is 0 Å². The van der Waals surface area contributed by atoms with Gasteiger partial charge in [0, 0.05) is 0 Å². The molecule has 0 bridgehead atoms. The van der Waals surface area contributed by atoms with Crippen LogP contribution in [-0.4, -0.2) is 26.7 Å². The first-order valence-electron chi connectivity index (χ1n) is 5.79. The Morgan fingerprint density at radius 1 is 1.42 bits per heavy atom. The molecule has 0 aromatic heterocycles. The van der Waals surface area contributed by atoms with Gasteiger partial charge in [-0.25, -0.2) is 12.8 Å². The van der Waals surface area contributed by atoms with Crippen LogP contribution in [-0.2, 0) is 25.1 Å².